The average molecular weight is 453 g/mol. The van der Waals surface area contributed by atoms with Crippen LogP contribution in [0.2, 0.25) is 0 Å². The fourth-order valence-corrected chi connectivity index (χ4v) is 3.64. The molecular weight excluding hydrogens is 414 g/mol. The summed E-state index contributed by atoms with van der Waals surface area (Å²) in [6.07, 6.45) is 1.86. The first-order valence-electron chi connectivity index (χ1n) is 11.4. The van der Waals surface area contributed by atoms with Crippen LogP contribution >= 0.6 is 0 Å². The van der Waals surface area contributed by atoms with Gasteiger partial charge >= 0.3 is 6.07 Å². The van der Waals surface area contributed by atoms with E-state index in [1.807, 2.05) is 24.9 Å². The van der Waals surface area contributed by atoms with Crippen LogP contribution in [0.3, 0.4) is 0 Å². The molecule has 0 unspecified atom stereocenters. The van der Waals surface area contributed by atoms with E-state index in [9.17, 15) is 4.79 Å². The van der Waals surface area contributed by atoms with Crippen LogP contribution in [0.15, 0.2) is 18.2 Å². The Kier molecular flexibility index (Phi) is 8.63. The van der Waals surface area contributed by atoms with Crippen molar-refractivity contribution in [3.63, 3.8) is 0 Å². The van der Waals surface area contributed by atoms with Crippen molar-refractivity contribution in [1.82, 2.24) is 15.3 Å². The molecule has 2 rings (SSSR count). The van der Waals surface area contributed by atoms with Gasteiger partial charge in [0.15, 0.2) is 17.2 Å². The molecule has 2 aromatic rings. The van der Waals surface area contributed by atoms with Crippen LogP contribution < -0.4 is 26.1 Å². The van der Waals surface area contributed by atoms with Crippen molar-refractivity contribution in [2.45, 2.75) is 60.4 Å². The SMILES string of the molecule is CCC(CC)Nc1nc(Nc2cc(C(=O)NC)ccc2C)nc(N(C)CC(C)(C)C)c1C#[NH+]. The number of aromatic nitrogens is 2. The molecule has 0 aliphatic heterocycles. The normalized spacial score (nSPS) is 11.2. The van der Waals surface area contributed by atoms with Gasteiger partial charge in [-0.15, -0.1) is 0 Å². The number of nitrogens with one attached hydrogen (secondary N) is 4. The molecule has 178 valence electrons. The predicted octanol–water partition coefficient (Wildman–Crippen LogP) is 3.09. The van der Waals surface area contributed by atoms with E-state index in [0.717, 1.165) is 30.6 Å². The minimum absolute atomic E-state index is 0.0357. The molecular formula is C25H38N7O+. The molecule has 1 amide bonds. The molecule has 0 aliphatic carbocycles. The van der Waals surface area contributed by atoms with Gasteiger partial charge in [0.1, 0.15) is 0 Å². The van der Waals surface area contributed by atoms with Gasteiger partial charge in [0, 0.05) is 37.9 Å². The van der Waals surface area contributed by atoms with Crippen LogP contribution in [0.4, 0.5) is 23.3 Å². The zero-order valence-corrected chi connectivity index (χ0v) is 21.2. The zero-order chi connectivity index (χ0) is 24.8. The topological polar surface area (TPSA) is 106 Å². The van der Waals surface area contributed by atoms with Gasteiger partial charge in [-0.2, -0.15) is 9.97 Å². The number of hydrogen-bond donors (Lipinski definition) is 4. The Morgan fingerprint density at radius 2 is 1.88 bits per heavy atom. The Labute approximate surface area is 197 Å². The van der Waals surface area contributed by atoms with E-state index in [0.29, 0.717) is 28.7 Å². The van der Waals surface area contributed by atoms with E-state index in [-0.39, 0.29) is 17.4 Å². The Morgan fingerprint density at radius 1 is 1.21 bits per heavy atom. The first-order chi connectivity index (χ1) is 15.5. The first-order valence-corrected chi connectivity index (χ1v) is 11.4. The van der Waals surface area contributed by atoms with Crippen molar-refractivity contribution in [1.29, 1.82) is 0 Å². The van der Waals surface area contributed by atoms with E-state index in [1.54, 1.807) is 19.2 Å². The third-order valence-corrected chi connectivity index (χ3v) is 5.39. The standard InChI is InChI=1S/C25H37N7O/c1-9-18(10-2)28-21-19(14-26)22(32(8)15-25(4,5)6)31-24(30-21)29-20-13-17(23(33)27-7)12-11-16(20)3/h11-13,18H,9-10,15H2,1-8H3,(H,27,33)(H2,28,29,30,31)/p+1. The van der Waals surface area contributed by atoms with Crippen LogP contribution in [0.5, 0.6) is 0 Å². The van der Waals surface area contributed by atoms with Gasteiger partial charge in [-0.05, 0) is 42.9 Å². The van der Waals surface area contributed by atoms with Crippen LogP contribution in [0.25, 0.3) is 0 Å². The Bertz CT molecular complexity index is 1020. The maximum Gasteiger partial charge on any atom is 0.316 e. The quantitative estimate of drug-likeness (QED) is 0.466. The van der Waals surface area contributed by atoms with Crippen molar-refractivity contribution in [2.24, 2.45) is 5.41 Å². The summed E-state index contributed by atoms with van der Waals surface area (Å²) in [7, 11) is 3.58. The van der Waals surface area contributed by atoms with E-state index in [4.69, 9.17) is 15.2 Å². The number of anilines is 4. The summed E-state index contributed by atoms with van der Waals surface area (Å²) < 4.78 is 0. The molecule has 0 saturated heterocycles. The molecule has 0 atom stereocenters. The maximum absolute atomic E-state index is 12.1. The zero-order valence-electron chi connectivity index (χ0n) is 21.2. The van der Waals surface area contributed by atoms with Gasteiger partial charge in [0.25, 0.3) is 5.91 Å². The van der Waals surface area contributed by atoms with Crippen LogP contribution in [0.1, 0.15) is 68.9 Å². The molecule has 0 radical (unpaired) electrons. The van der Waals surface area contributed by atoms with Gasteiger partial charge in [-0.3, -0.25) is 4.79 Å². The lowest BCUT2D eigenvalue weighted by atomic mass is 9.96. The summed E-state index contributed by atoms with van der Waals surface area (Å²) in [4.78, 5) is 23.6. The summed E-state index contributed by atoms with van der Waals surface area (Å²) in [5, 5.41) is 17.4. The molecule has 0 aliphatic rings. The molecule has 0 bridgehead atoms. The highest BCUT2D eigenvalue weighted by molar-refractivity contribution is 5.95. The lowest BCUT2D eigenvalue weighted by Crippen LogP contribution is -2.32. The lowest BCUT2D eigenvalue weighted by molar-refractivity contribution is -0.0908. The fraction of sp³-hybridized carbons (Fsp3) is 0.520. The number of rotatable bonds is 9. The highest BCUT2D eigenvalue weighted by atomic mass is 16.1. The Balaban J connectivity index is 2.59. The molecule has 4 N–H and O–H groups in total. The van der Waals surface area contributed by atoms with Crippen molar-refractivity contribution in [3.05, 3.63) is 34.9 Å². The molecule has 8 nitrogen and oxygen atoms in total. The number of nitrogens with zero attached hydrogens (tertiary/aromatic N) is 3. The van der Waals surface area contributed by atoms with E-state index < -0.39 is 0 Å². The van der Waals surface area contributed by atoms with E-state index >= 15 is 0 Å². The van der Waals surface area contributed by atoms with Crippen LogP contribution in [-0.4, -0.2) is 42.6 Å². The highest BCUT2D eigenvalue weighted by Gasteiger charge is 2.24. The Morgan fingerprint density at radius 3 is 2.42 bits per heavy atom. The van der Waals surface area contributed by atoms with Crippen molar-refractivity contribution in [3.8, 4) is 6.07 Å². The number of hydrogen-bond acceptors (Lipinski definition) is 6. The van der Waals surface area contributed by atoms with Gasteiger partial charge < -0.3 is 20.9 Å². The second kappa shape index (κ2) is 11.0. The largest absolute Gasteiger partial charge is 0.366 e. The highest BCUT2D eigenvalue weighted by Crippen LogP contribution is 2.30. The van der Waals surface area contributed by atoms with Crippen LogP contribution in [0, 0.1) is 18.4 Å². The number of carbonyl (C=O) groups is 1. The van der Waals surface area contributed by atoms with Gasteiger partial charge in [-0.1, -0.05) is 45.9 Å². The summed E-state index contributed by atoms with van der Waals surface area (Å²) in [6, 6.07) is 8.25. The summed E-state index contributed by atoms with van der Waals surface area (Å²) in [6.45, 7) is 13.4. The number of amides is 1. The van der Waals surface area contributed by atoms with Crippen molar-refractivity contribution < 1.29 is 10.1 Å². The van der Waals surface area contributed by atoms with E-state index in [2.05, 4.69) is 56.6 Å². The maximum atomic E-state index is 12.1. The molecule has 0 spiro atoms. The molecule has 8 heteroatoms. The number of carbonyl (C=O) groups excluding carboxylic acids is 1. The third kappa shape index (κ3) is 6.82. The summed E-state index contributed by atoms with van der Waals surface area (Å²) in [5.41, 5.74) is 2.84. The van der Waals surface area contributed by atoms with Crippen molar-refractivity contribution >= 4 is 29.2 Å². The molecule has 1 heterocycles. The number of benzene rings is 1. The number of aryl methyl sites for hydroxylation is 1. The lowest BCUT2D eigenvalue weighted by Gasteiger charge is -2.28. The second-order valence-corrected chi connectivity index (χ2v) is 9.53. The fourth-order valence-electron chi connectivity index (χ4n) is 3.64. The molecule has 0 fully saturated rings. The minimum Gasteiger partial charge on any atom is -0.366 e. The molecule has 0 saturated carbocycles. The second-order valence-electron chi connectivity index (χ2n) is 9.53. The van der Waals surface area contributed by atoms with Gasteiger partial charge in [0.05, 0.1) is 0 Å². The smallest absolute Gasteiger partial charge is 0.316 e. The van der Waals surface area contributed by atoms with Gasteiger partial charge in [0.2, 0.25) is 5.95 Å². The summed E-state index contributed by atoms with van der Waals surface area (Å²) in [5.74, 6) is 1.45. The molecule has 33 heavy (non-hydrogen) atoms. The molecule has 1 aromatic carbocycles. The summed E-state index contributed by atoms with van der Waals surface area (Å²) >= 11 is 0. The van der Waals surface area contributed by atoms with Crippen LogP contribution in [-0.2, 0) is 0 Å². The monoisotopic (exact) mass is 452 g/mol. The predicted molar refractivity (Wildman–Crippen MR) is 135 cm³/mol. The Hall–Kier alpha value is -3.34. The average Bonchev–Trinajstić information content (AvgIpc) is 2.76. The van der Waals surface area contributed by atoms with Crippen molar-refractivity contribution in [2.75, 3.05) is 36.2 Å². The van der Waals surface area contributed by atoms with E-state index in [1.165, 1.54) is 0 Å². The molecule has 1 aromatic heterocycles. The first kappa shape index (κ1) is 25.9. The third-order valence-electron chi connectivity index (χ3n) is 5.39. The minimum atomic E-state index is -0.158. The van der Waals surface area contributed by atoms with Gasteiger partial charge in [-0.25, -0.2) is 0 Å².